The smallest absolute Gasteiger partial charge is 0.226 e. The largest absolute Gasteiger partial charge is 0.496 e. The Balaban J connectivity index is 1.84. The first kappa shape index (κ1) is 19.6. The quantitative estimate of drug-likeness (QED) is 0.581. The van der Waals surface area contributed by atoms with Crippen LogP contribution >= 0.6 is 11.3 Å². The van der Waals surface area contributed by atoms with Gasteiger partial charge in [-0.1, -0.05) is 0 Å². The Kier molecular flexibility index (Phi) is 5.67. The number of aromatic nitrogens is 2. The minimum atomic E-state index is 0.230. The average molecular weight is 386 g/mol. The normalized spacial score (nSPS) is 12.6. The average Bonchev–Trinajstić information content (AvgIpc) is 3.22. The summed E-state index contributed by atoms with van der Waals surface area (Å²) >= 11 is 1.70. The van der Waals surface area contributed by atoms with Gasteiger partial charge in [-0.25, -0.2) is 9.97 Å². The lowest BCUT2D eigenvalue weighted by Gasteiger charge is -2.21. The lowest BCUT2D eigenvalue weighted by Crippen LogP contribution is -2.22. The van der Waals surface area contributed by atoms with E-state index in [4.69, 9.17) is 14.1 Å². The number of ether oxygens (including phenoxy) is 1. The number of methoxy groups -OCH3 is 1. The van der Waals surface area contributed by atoms with Gasteiger partial charge in [0.2, 0.25) is 5.89 Å². The maximum atomic E-state index is 6.01. The topological polar surface area (TPSA) is 51.4 Å². The summed E-state index contributed by atoms with van der Waals surface area (Å²) in [7, 11) is 3.79. The summed E-state index contributed by atoms with van der Waals surface area (Å²) in [5.41, 5.74) is 5.27. The fourth-order valence-corrected chi connectivity index (χ4v) is 3.98. The SMILES string of the molecule is COc1ccc(-c2nc(CN(C)C(C)c3nc(C)cs3)c(C)o2)c(C)c1C. The van der Waals surface area contributed by atoms with E-state index in [0.717, 1.165) is 44.6 Å². The fraction of sp³-hybridized carbons (Fsp3) is 0.429. The van der Waals surface area contributed by atoms with Gasteiger partial charge >= 0.3 is 0 Å². The number of thiazole rings is 1. The van der Waals surface area contributed by atoms with Crippen LogP contribution in [-0.2, 0) is 6.54 Å². The number of rotatable bonds is 6. The summed E-state index contributed by atoms with van der Waals surface area (Å²) < 4.78 is 11.4. The van der Waals surface area contributed by atoms with E-state index < -0.39 is 0 Å². The van der Waals surface area contributed by atoms with E-state index in [1.807, 2.05) is 26.0 Å². The first-order valence-corrected chi connectivity index (χ1v) is 9.93. The van der Waals surface area contributed by atoms with Crippen molar-refractivity contribution in [1.29, 1.82) is 0 Å². The zero-order valence-corrected chi connectivity index (χ0v) is 17.9. The first-order valence-electron chi connectivity index (χ1n) is 9.05. The molecule has 0 aliphatic carbocycles. The summed E-state index contributed by atoms with van der Waals surface area (Å²) in [6.45, 7) is 11.0. The number of oxazole rings is 1. The zero-order chi connectivity index (χ0) is 19.7. The predicted molar refractivity (Wildman–Crippen MR) is 109 cm³/mol. The van der Waals surface area contributed by atoms with Crippen LogP contribution in [0.25, 0.3) is 11.5 Å². The van der Waals surface area contributed by atoms with Crippen molar-refractivity contribution in [2.24, 2.45) is 0 Å². The number of hydrogen-bond acceptors (Lipinski definition) is 6. The third kappa shape index (κ3) is 3.92. The van der Waals surface area contributed by atoms with Crippen LogP contribution in [0.15, 0.2) is 21.9 Å². The van der Waals surface area contributed by atoms with Gasteiger partial charge in [0.25, 0.3) is 0 Å². The third-order valence-corrected chi connectivity index (χ3v) is 6.27. The molecule has 0 aliphatic heterocycles. The van der Waals surface area contributed by atoms with Gasteiger partial charge in [0, 0.05) is 23.2 Å². The Morgan fingerprint density at radius 3 is 2.52 bits per heavy atom. The molecule has 2 heterocycles. The number of hydrogen-bond donors (Lipinski definition) is 0. The molecule has 0 amide bonds. The van der Waals surface area contributed by atoms with Crippen LogP contribution in [0.3, 0.4) is 0 Å². The van der Waals surface area contributed by atoms with Gasteiger partial charge < -0.3 is 9.15 Å². The maximum absolute atomic E-state index is 6.01. The van der Waals surface area contributed by atoms with Crippen LogP contribution in [0.4, 0.5) is 0 Å². The second-order valence-corrected chi connectivity index (χ2v) is 7.90. The van der Waals surface area contributed by atoms with Crippen molar-refractivity contribution in [3.8, 4) is 17.2 Å². The molecular weight excluding hydrogens is 358 g/mol. The van der Waals surface area contributed by atoms with Gasteiger partial charge in [-0.15, -0.1) is 11.3 Å². The molecule has 27 heavy (non-hydrogen) atoms. The summed E-state index contributed by atoms with van der Waals surface area (Å²) in [6, 6.07) is 4.21. The highest BCUT2D eigenvalue weighted by molar-refractivity contribution is 7.09. The van der Waals surface area contributed by atoms with E-state index in [1.54, 1.807) is 18.4 Å². The zero-order valence-electron chi connectivity index (χ0n) is 17.1. The monoisotopic (exact) mass is 385 g/mol. The molecule has 0 spiro atoms. The molecule has 3 rings (SSSR count). The first-order chi connectivity index (χ1) is 12.8. The molecule has 0 saturated heterocycles. The molecule has 1 atom stereocenters. The summed E-state index contributed by atoms with van der Waals surface area (Å²) in [6.07, 6.45) is 0. The third-order valence-electron chi connectivity index (χ3n) is 5.13. The van der Waals surface area contributed by atoms with Crippen molar-refractivity contribution in [1.82, 2.24) is 14.9 Å². The highest BCUT2D eigenvalue weighted by atomic mass is 32.1. The van der Waals surface area contributed by atoms with Crippen molar-refractivity contribution in [3.63, 3.8) is 0 Å². The Morgan fingerprint density at radius 1 is 1.15 bits per heavy atom. The number of benzene rings is 1. The van der Waals surface area contributed by atoms with E-state index in [2.05, 4.69) is 43.1 Å². The minimum absolute atomic E-state index is 0.230. The molecule has 3 aromatic rings. The van der Waals surface area contributed by atoms with E-state index >= 15 is 0 Å². The molecule has 0 bridgehead atoms. The standard InChI is InChI=1S/C21H27N3O2S/c1-12-11-27-21(22-12)15(4)24(6)10-18-16(5)26-20(23-18)17-8-9-19(25-7)14(3)13(17)2/h8-9,11,15H,10H2,1-7H3. The summed E-state index contributed by atoms with van der Waals surface area (Å²) in [4.78, 5) is 11.6. The molecule has 0 N–H and O–H groups in total. The Morgan fingerprint density at radius 2 is 1.89 bits per heavy atom. The molecule has 0 fully saturated rings. The highest BCUT2D eigenvalue weighted by Gasteiger charge is 2.20. The Bertz CT molecular complexity index is 945. The van der Waals surface area contributed by atoms with Gasteiger partial charge in [-0.3, -0.25) is 4.90 Å². The maximum Gasteiger partial charge on any atom is 0.226 e. The number of aryl methyl sites for hydroxylation is 2. The lowest BCUT2D eigenvalue weighted by molar-refractivity contribution is 0.248. The van der Waals surface area contributed by atoms with Crippen LogP contribution in [0.5, 0.6) is 5.75 Å². The Labute approximate surface area is 165 Å². The minimum Gasteiger partial charge on any atom is -0.496 e. The van der Waals surface area contributed by atoms with Crippen LogP contribution in [0, 0.1) is 27.7 Å². The molecular formula is C21H27N3O2S. The second kappa shape index (κ2) is 7.82. The fourth-order valence-electron chi connectivity index (χ4n) is 3.06. The van der Waals surface area contributed by atoms with Gasteiger partial charge in [0.1, 0.15) is 16.5 Å². The highest BCUT2D eigenvalue weighted by Crippen LogP contribution is 2.32. The van der Waals surface area contributed by atoms with E-state index in [0.29, 0.717) is 12.4 Å². The predicted octanol–water partition coefficient (Wildman–Crippen LogP) is 5.23. The molecule has 6 heteroatoms. The van der Waals surface area contributed by atoms with E-state index in [9.17, 15) is 0 Å². The van der Waals surface area contributed by atoms with Crippen molar-refractivity contribution in [3.05, 3.63) is 50.8 Å². The van der Waals surface area contributed by atoms with Crippen molar-refractivity contribution < 1.29 is 9.15 Å². The van der Waals surface area contributed by atoms with Crippen molar-refractivity contribution in [2.45, 2.75) is 47.2 Å². The summed E-state index contributed by atoms with van der Waals surface area (Å²) in [5, 5.41) is 3.21. The van der Waals surface area contributed by atoms with Crippen LogP contribution in [0.2, 0.25) is 0 Å². The molecule has 0 aliphatic rings. The van der Waals surface area contributed by atoms with Crippen LogP contribution in [-0.4, -0.2) is 29.0 Å². The summed E-state index contributed by atoms with van der Waals surface area (Å²) in [5.74, 6) is 2.40. The van der Waals surface area contributed by atoms with Gasteiger partial charge in [0.15, 0.2) is 0 Å². The molecule has 5 nitrogen and oxygen atoms in total. The van der Waals surface area contributed by atoms with Crippen molar-refractivity contribution in [2.75, 3.05) is 14.2 Å². The van der Waals surface area contributed by atoms with Gasteiger partial charge in [0.05, 0.1) is 18.8 Å². The molecule has 1 aromatic carbocycles. The molecule has 144 valence electrons. The van der Waals surface area contributed by atoms with Crippen LogP contribution in [0.1, 0.15) is 46.2 Å². The van der Waals surface area contributed by atoms with Crippen LogP contribution < -0.4 is 4.74 Å². The number of nitrogens with zero attached hydrogens (tertiary/aromatic N) is 3. The molecule has 1 unspecified atom stereocenters. The molecule has 0 saturated carbocycles. The van der Waals surface area contributed by atoms with E-state index in [-0.39, 0.29) is 6.04 Å². The van der Waals surface area contributed by atoms with Gasteiger partial charge in [-0.05, 0) is 64.9 Å². The Hall–Kier alpha value is -2.18. The lowest BCUT2D eigenvalue weighted by atomic mass is 10.0. The van der Waals surface area contributed by atoms with Gasteiger partial charge in [-0.2, -0.15) is 0 Å². The van der Waals surface area contributed by atoms with E-state index in [1.165, 1.54) is 0 Å². The van der Waals surface area contributed by atoms with Crippen molar-refractivity contribution >= 4 is 11.3 Å². The second-order valence-electron chi connectivity index (χ2n) is 7.01. The molecule has 2 aromatic heterocycles. The molecule has 0 radical (unpaired) electrons.